The van der Waals surface area contributed by atoms with Crippen LogP contribution in [0.25, 0.3) is 0 Å². The lowest BCUT2D eigenvalue weighted by atomic mass is 10.1. The van der Waals surface area contributed by atoms with Crippen LogP contribution in [0.1, 0.15) is 36.2 Å². The smallest absolute Gasteiger partial charge is 0.288 e. The minimum absolute atomic E-state index is 0.0201. The van der Waals surface area contributed by atoms with Gasteiger partial charge in [-0.15, -0.1) is 0 Å². The second-order valence-electron chi connectivity index (χ2n) is 6.39. The predicted molar refractivity (Wildman–Crippen MR) is 108 cm³/mol. The fraction of sp³-hybridized carbons (Fsp3) is 0.211. The van der Waals surface area contributed by atoms with Gasteiger partial charge in [-0.3, -0.25) is 19.7 Å². The number of hydrogen-bond donors (Lipinski definition) is 2. The number of halogens is 1. The fourth-order valence-electron chi connectivity index (χ4n) is 2.27. The standard InChI is InChI=1S/C19H19ClN4O4/c1-12(2)9-18(25)22-15-6-4-14(5-7-15)19(26)23-21-11-13-3-8-16(20)17(10-13)24(27)28/h3-8,10-12H,9H2,1-2H3,(H,22,25)(H,23,26). The van der Waals surface area contributed by atoms with Crippen LogP contribution < -0.4 is 10.7 Å². The van der Waals surface area contributed by atoms with Crippen molar-refractivity contribution < 1.29 is 14.5 Å². The molecule has 0 unspecified atom stereocenters. The summed E-state index contributed by atoms with van der Waals surface area (Å²) in [6.45, 7) is 3.91. The van der Waals surface area contributed by atoms with E-state index in [-0.39, 0.29) is 22.5 Å². The number of carbonyl (C=O) groups is 2. The van der Waals surface area contributed by atoms with E-state index in [1.165, 1.54) is 18.3 Å². The van der Waals surface area contributed by atoms with Gasteiger partial charge in [0.15, 0.2) is 0 Å². The van der Waals surface area contributed by atoms with Crippen molar-refractivity contribution in [2.75, 3.05) is 5.32 Å². The topological polar surface area (TPSA) is 114 Å². The summed E-state index contributed by atoms with van der Waals surface area (Å²) in [5.41, 5.74) is 3.45. The molecule has 0 aliphatic rings. The molecule has 0 bridgehead atoms. The van der Waals surface area contributed by atoms with Crippen molar-refractivity contribution in [1.82, 2.24) is 5.43 Å². The zero-order valence-electron chi connectivity index (χ0n) is 15.3. The van der Waals surface area contributed by atoms with E-state index in [2.05, 4.69) is 15.8 Å². The minimum atomic E-state index is -0.597. The van der Waals surface area contributed by atoms with Crippen LogP contribution in [-0.4, -0.2) is 23.0 Å². The van der Waals surface area contributed by atoms with E-state index < -0.39 is 10.8 Å². The number of nitro benzene ring substituents is 1. The van der Waals surface area contributed by atoms with Crippen LogP contribution in [0.15, 0.2) is 47.6 Å². The Morgan fingerprint density at radius 2 is 1.89 bits per heavy atom. The van der Waals surface area contributed by atoms with Crippen LogP contribution in [0.5, 0.6) is 0 Å². The number of nitro groups is 1. The van der Waals surface area contributed by atoms with Crippen LogP contribution in [0.4, 0.5) is 11.4 Å². The van der Waals surface area contributed by atoms with Crippen LogP contribution in [0.3, 0.4) is 0 Å². The van der Waals surface area contributed by atoms with Crippen LogP contribution in [0.2, 0.25) is 5.02 Å². The summed E-state index contributed by atoms with van der Waals surface area (Å²) in [6.07, 6.45) is 1.70. The first-order valence-corrected chi connectivity index (χ1v) is 8.81. The van der Waals surface area contributed by atoms with Crippen molar-refractivity contribution in [3.8, 4) is 0 Å². The zero-order valence-corrected chi connectivity index (χ0v) is 16.1. The van der Waals surface area contributed by atoms with Crippen LogP contribution in [-0.2, 0) is 4.79 Å². The molecule has 2 aromatic carbocycles. The lowest BCUT2D eigenvalue weighted by Gasteiger charge is -2.07. The minimum Gasteiger partial charge on any atom is -0.326 e. The van der Waals surface area contributed by atoms with Crippen LogP contribution in [0, 0.1) is 16.0 Å². The highest BCUT2D eigenvalue weighted by Gasteiger charge is 2.12. The number of anilines is 1. The van der Waals surface area contributed by atoms with Gasteiger partial charge in [0.2, 0.25) is 5.91 Å². The molecule has 146 valence electrons. The maximum atomic E-state index is 12.1. The molecule has 0 saturated heterocycles. The molecule has 0 saturated carbocycles. The first-order chi connectivity index (χ1) is 13.3. The fourth-order valence-corrected chi connectivity index (χ4v) is 2.45. The first kappa shape index (κ1) is 21.0. The normalized spacial score (nSPS) is 10.9. The molecule has 2 N–H and O–H groups in total. The quantitative estimate of drug-likeness (QED) is 0.414. The maximum Gasteiger partial charge on any atom is 0.288 e. The molecule has 9 heteroatoms. The Kier molecular flexibility index (Phi) is 7.22. The second kappa shape index (κ2) is 9.61. The van der Waals surface area contributed by atoms with E-state index in [0.29, 0.717) is 23.2 Å². The lowest BCUT2D eigenvalue weighted by molar-refractivity contribution is -0.384. The van der Waals surface area contributed by atoms with Gasteiger partial charge in [0, 0.05) is 29.3 Å². The first-order valence-electron chi connectivity index (χ1n) is 8.43. The van der Waals surface area contributed by atoms with E-state index in [1.54, 1.807) is 30.3 Å². The molecule has 28 heavy (non-hydrogen) atoms. The van der Waals surface area contributed by atoms with Gasteiger partial charge in [0.25, 0.3) is 11.6 Å². The number of carbonyl (C=O) groups excluding carboxylic acids is 2. The Balaban J connectivity index is 1.96. The van der Waals surface area contributed by atoms with Crippen molar-refractivity contribution >= 4 is 41.0 Å². The van der Waals surface area contributed by atoms with Gasteiger partial charge < -0.3 is 5.32 Å². The number of amides is 2. The molecule has 2 amide bonds. The highest BCUT2D eigenvalue weighted by molar-refractivity contribution is 6.32. The third-order valence-electron chi connectivity index (χ3n) is 3.57. The van der Waals surface area contributed by atoms with Crippen molar-refractivity contribution in [3.63, 3.8) is 0 Å². The molecule has 2 rings (SSSR count). The summed E-state index contributed by atoms with van der Waals surface area (Å²) < 4.78 is 0. The van der Waals surface area contributed by atoms with E-state index in [1.807, 2.05) is 13.8 Å². The Hall–Kier alpha value is -3.26. The Morgan fingerprint density at radius 3 is 2.50 bits per heavy atom. The molecule has 0 radical (unpaired) electrons. The number of benzene rings is 2. The Bertz CT molecular complexity index is 911. The highest BCUT2D eigenvalue weighted by atomic mass is 35.5. The average Bonchev–Trinajstić information content (AvgIpc) is 2.62. The summed E-state index contributed by atoms with van der Waals surface area (Å²) in [5.74, 6) is -0.293. The molecule has 0 fully saturated rings. The van der Waals surface area contributed by atoms with Gasteiger partial charge in [0.1, 0.15) is 5.02 Å². The lowest BCUT2D eigenvalue weighted by Crippen LogP contribution is -2.18. The van der Waals surface area contributed by atoms with Crippen molar-refractivity contribution in [2.24, 2.45) is 11.0 Å². The monoisotopic (exact) mass is 402 g/mol. The molecular weight excluding hydrogens is 384 g/mol. The number of rotatable bonds is 7. The van der Waals surface area contributed by atoms with E-state index in [0.717, 1.165) is 0 Å². The summed E-state index contributed by atoms with van der Waals surface area (Å²) in [4.78, 5) is 34.1. The van der Waals surface area contributed by atoms with Gasteiger partial charge in [-0.05, 0) is 36.2 Å². The molecule has 0 heterocycles. The average molecular weight is 403 g/mol. The molecule has 0 spiro atoms. The van der Waals surface area contributed by atoms with E-state index >= 15 is 0 Å². The Labute approximate surface area is 166 Å². The second-order valence-corrected chi connectivity index (χ2v) is 6.80. The van der Waals surface area contributed by atoms with Crippen molar-refractivity contribution in [3.05, 3.63) is 68.7 Å². The van der Waals surface area contributed by atoms with Gasteiger partial charge in [-0.25, -0.2) is 5.43 Å². The molecule has 2 aromatic rings. The molecular formula is C19H19ClN4O4. The summed E-state index contributed by atoms with van der Waals surface area (Å²) in [5, 5.41) is 17.4. The number of hydrazone groups is 1. The zero-order chi connectivity index (χ0) is 20.7. The molecule has 0 atom stereocenters. The number of nitrogens with zero attached hydrogens (tertiary/aromatic N) is 2. The van der Waals surface area contributed by atoms with E-state index in [9.17, 15) is 19.7 Å². The SMILES string of the molecule is CC(C)CC(=O)Nc1ccc(C(=O)NN=Cc2ccc(Cl)c([N+](=O)[O-])c2)cc1. The van der Waals surface area contributed by atoms with Gasteiger partial charge >= 0.3 is 0 Å². The number of nitrogens with one attached hydrogen (secondary N) is 2. The Morgan fingerprint density at radius 1 is 1.21 bits per heavy atom. The third-order valence-corrected chi connectivity index (χ3v) is 3.89. The van der Waals surface area contributed by atoms with Gasteiger partial charge in [0.05, 0.1) is 11.1 Å². The summed E-state index contributed by atoms with van der Waals surface area (Å²) in [7, 11) is 0. The van der Waals surface area contributed by atoms with Crippen molar-refractivity contribution in [1.29, 1.82) is 0 Å². The van der Waals surface area contributed by atoms with Crippen LogP contribution >= 0.6 is 11.6 Å². The third kappa shape index (κ3) is 6.17. The van der Waals surface area contributed by atoms with Gasteiger partial charge in [-0.2, -0.15) is 5.10 Å². The molecule has 0 aliphatic carbocycles. The highest BCUT2D eigenvalue weighted by Crippen LogP contribution is 2.24. The largest absolute Gasteiger partial charge is 0.326 e. The van der Waals surface area contributed by atoms with E-state index in [4.69, 9.17) is 11.6 Å². The summed E-state index contributed by atoms with van der Waals surface area (Å²) in [6, 6.07) is 10.5. The van der Waals surface area contributed by atoms with Crippen molar-refractivity contribution in [2.45, 2.75) is 20.3 Å². The summed E-state index contributed by atoms with van der Waals surface area (Å²) >= 11 is 5.74. The predicted octanol–water partition coefficient (Wildman–Crippen LogP) is 4.00. The molecule has 8 nitrogen and oxygen atoms in total. The van der Waals surface area contributed by atoms with Gasteiger partial charge in [-0.1, -0.05) is 31.5 Å². The number of hydrogen-bond acceptors (Lipinski definition) is 5. The molecule has 0 aliphatic heterocycles. The molecule has 0 aromatic heterocycles. The maximum absolute atomic E-state index is 12.1.